The van der Waals surface area contributed by atoms with E-state index >= 15 is 0 Å². The Morgan fingerprint density at radius 3 is 2.89 bits per heavy atom. The van der Waals surface area contributed by atoms with Gasteiger partial charge >= 0.3 is 5.97 Å². The minimum absolute atomic E-state index is 0.00400. The van der Waals surface area contributed by atoms with E-state index in [9.17, 15) is 9.90 Å². The maximum atomic E-state index is 11.6. The van der Waals surface area contributed by atoms with Crippen LogP contribution in [-0.4, -0.2) is 23.3 Å². The fourth-order valence-corrected chi connectivity index (χ4v) is 2.38. The largest absolute Gasteiger partial charge is 0.462 e. The molecule has 1 aliphatic heterocycles. The van der Waals surface area contributed by atoms with Crippen molar-refractivity contribution in [3.8, 4) is 0 Å². The van der Waals surface area contributed by atoms with Gasteiger partial charge in [-0.1, -0.05) is 44.8 Å². The fraction of sp³-hybridized carbons (Fsp3) is 0.812. The molecule has 0 radical (unpaired) electrons. The molecule has 0 bridgehead atoms. The second-order valence-corrected chi connectivity index (χ2v) is 5.44. The number of aliphatic hydroxyl groups excluding tert-OH is 1. The van der Waals surface area contributed by atoms with E-state index in [4.69, 9.17) is 4.74 Å². The van der Waals surface area contributed by atoms with Crippen LogP contribution in [0.3, 0.4) is 0 Å². The highest BCUT2D eigenvalue weighted by atomic mass is 16.5. The molecule has 1 N–H and O–H groups in total. The highest BCUT2D eigenvalue weighted by Gasteiger charge is 2.15. The molecular weight excluding hydrogens is 240 g/mol. The molecule has 110 valence electrons. The lowest BCUT2D eigenvalue weighted by atomic mass is 10.0. The summed E-state index contributed by atoms with van der Waals surface area (Å²) >= 11 is 0. The van der Waals surface area contributed by atoms with E-state index in [1.54, 1.807) is 0 Å². The molecule has 0 amide bonds. The van der Waals surface area contributed by atoms with Crippen LogP contribution < -0.4 is 0 Å². The fourth-order valence-electron chi connectivity index (χ4n) is 2.38. The van der Waals surface area contributed by atoms with Crippen LogP contribution in [0, 0.1) is 0 Å². The van der Waals surface area contributed by atoms with E-state index < -0.39 is 6.10 Å². The van der Waals surface area contributed by atoms with Gasteiger partial charge in [0.25, 0.3) is 0 Å². The Morgan fingerprint density at radius 2 is 2.11 bits per heavy atom. The molecule has 0 fully saturated rings. The molecule has 0 aromatic rings. The molecule has 1 aliphatic rings. The van der Waals surface area contributed by atoms with E-state index in [0.29, 0.717) is 19.3 Å². The molecule has 1 rings (SSSR count). The molecule has 0 spiro atoms. The summed E-state index contributed by atoms with van der Waals surface area (Å²) in [6.45, 7) is 2.21. The first-order chi connectivity index (χ1) is 9.22. The minimum Gasteiger partial charge on any atom is -0.462 e. The molecule has 1 heterocycles. The van der Waals surface area contributed by atoms with E-state index in [1.807, 2.05) is 12.2 Å². The number of unbranched alkanes of at least 4 members (excludes halogenated alkanes) is 4. The van der Waals surface area contributed by atoms with E-state index in [-0.39, 0.29) is 12.1 Å². The number of hydrogen-bond acceptors (Lipinski definition) is 3. The van der Waals surface area contributed by atoms with E-state index in [2.05, 4.69) is 6.92 Å². The van der Waals surface area contributed by atoms with Crippen molar-refractivity contribution < 1.29 is 14.6 Å². The third-order valence-electron chi connectivity index (χ3n) is 3.57. The molecule has 0 aliphatic carbocycles. The van der Waals surface area contributed by atoms with E-state index in [1.165, 1.54) is 25.7 Å². The van der Waals surface area contributed by atoms with Crippen LogP contribution in [0.5, 0.6) is 0 Å². The Bertz CT molecular complexity index is 273. The molecule has 3 nitrogen and oxygen atoms in total. The Hall–Kier alpha value is -0.830. The minimum atomic E-state index is -0.406. The van der Waals surface area contributed by atoms with Crippen molar-refractivity contribution >= 4 is 5.97 Å². The molecule has 2 atom stereocenters. The average molecular weight is 268 g/mol. The lowest BCUT2D eigenvalue weighted by Crippen LogP contribution is -2.19. The number of esters is 1. The van der Waals surface area contributed by atoms with Gasteiger partial charge in [0, 0.05) is 12.8 Å². The van der Waals surface area contributed by atoms with Crippen molar-refractivity contribution in [3.63, 3.8) is 0 Å². The van der Waals surface area contributed by atoms with Crippen molar-refractivity contribution in [2.45, 2.75) is 83.3 Å². The van der Waals surface area contributed by atoms with Crippen molar-refractivity contribution in [2.24, 2.45) is 0 Å². The van der Waals surface area contributed by atoms with Gasteiger partial charge in [0.05, 0.1) is 6.10 Å². The van der Waals surface area contributed by atoms with Crippen LogP contribution in [0.25, 0.3) is 0 Å². The lowest BCUT2D eigenvalue weighted by molar-refractivity contribution is -0.149. The van der Waals surface area contributed by atoms with Gasteiger partial charge in [0.15, 0.2) is 0 Å². The molecule has 0 aromatic heterocycles. The first-order valence-corrected chi connectivity index (χ1v) is 7.76. The summed E-state index contributed by atoms with van der Waals surface area (Å²) in [6, 6.07) is 0. The van der Waals surface area contributed by atoms with Gasteiger partial charge in [-0.25, -0.2) is 0 Å². The average Bonchev–Trinajstić information content (AvgIpc) is 2.37. The molecule has 0 aromatic carbocycles. The summed E-state index contributed by atoms with van der Waals surface area (Å²) in [4.78, 5) is 11.6. The molecule has 0 saturated carbocycles. The van der Waals surface area contributed by atoms with Gasteiger partial charge in [-0.3, -0.25) is 4.79 Å². The third kappa shape index (κ3) is 8.04. The maximum absolute atomic E-state index is 11.6. The number of carbonyl (C=O) groups excluding carboxylic acids is 1. The molecule has 0 saturated heterocycles. The zero-order chi connectivity index (χ0) is 13.9. The second kappa shape index (κ2) is 10.0. The standard InChI is InChI=1S/C16H28O3/c1-2-3-4-5-6-11-15-12-7-9-14(17)10-8-13-16(18)19-15/h7,9,14-15,17H,2-6,8,10-13H2,1H3/b9-7-/t14-,15+/m0/s1. The highest BCUT2D eigenvalue weighted by Crippen LogP contribution is 2.16. The predicted molar refractivity (Wildman–Crippen MR) is 76.9 cm³/mol. The maximum Gasteiger partial charge on any atom is 0.306 e. The monoisotopic (exact) mass is 268 g/mol. The summed E-state index contributed by atoms with van der Waals surface area (Å²) in [5.41, 5.74) is 0. The molecular formula is C16H28O3. The van der Waals surface area contributed by atoms with Gasteiger partial charge in [0.2, 0.25) is 0 Å². The Labute approximate surface area is 117 Å². The third-order valence-corrected chi connectivity index (χ3v) is 3.57. The van der Waals surface area contributed by atoms with Crippen LogP contribution in [0.4, 0.5) is 0 Å². The van der Waals surface area contributed by atoms with Crippen molar-refractivity contribution in [1.82, 2.24) is 0 Å². The second-order valence-electron chi connectivity index (χ2n) is 5.44. The topological polar surface area (TPSA) is 46.5 Å². The quantitative estimate of drug-likeness (QED) is 0.453. The van der Waals surface area contributed by atoms with Crippen LogP contribution in [-0.2, 0) is 9.53 Å². The summed E-state index contributed by atoms with van der Waals surface area (Å²) in [7, 11) is 0. The number of ether oxygens (including phenoxy) is 1. The Balaban J connectivity index is 2.33. The lowest BCUT2D eigenvalue weighted by Gasteiger charge is -2.18. The van der Waals surface area contributed by atoms with Crippen molar-refractivity contribution in [1.29, 1.82) is 0 Å². The predicted octanol–water partition coefficient (Wildman–Crippen LogP) is 3.75. The highest BCUT2D eigenvalue weighted by molar-refractivity contribution is 5.69. The summed E-state index contributed by atoms with van der Waals surface area (Å²) < 4.78 is 5.50. The van der Waals surface area contributed by atoms with Gasteiger partial charge in [-0.2, -0.15) is 0 Å². The molecule has 3 heteroatoms. The SMILES string of the molecule is CCCCCCC[C@@H]1C/C=C\[C@H](O)CCCC(=O)O1. The first kappa shape index (κ1) is 16.2. The van der Waals surface area contributed by atoms with Crippen LogP contribution in [0.1, 0.15) is 71.1 Å². The first-order valence-electron chi connectivity index (χ1n) is 7.76. The summed E-state index contributed by atoms with van der Waals surface area (Å²) in [5.74, 6) is -0.110. The Kier molecular flexibility index (Phi) is 8.55. The van der Waals surface area contributed by atoms with Gasteiger partial charge < -0.3 is 9.84 Å². The van der Waals surface area contributed by atoms with Gasteiger partial charge in [-0.15, -0.1) is 0 Å². The zero-order valence-electron chi connectivity index (χ0n) is 12.1. The van der Waals surface area contributed by atoms with Gasteiger partial charge in [0.1, 0.15) is 6.10 Å². The normalized spacial score (nSPS) is 26.7. The van der Waals surface area contributed by atoms with Crippen molar-refractivity contribution in [3.05, 3.63) is 12.2 Å². The Morgan fingerprint density at radius 1 is 1.32 bits per heavy atom. The number of carbonyl (C=O) groups is 1. The number of cyclic esters (lactones) is 1. The van der Waals surface area contributed by atoms with Crippen LogP contribution in [0.2, 0.25) is 0 Å². The number of aliphatic hydroxyl groups is 1. The summed E-state index contributed by atoms with van der Waals surface area (Å²) in [6.07, 6.45) is 13.0. The summed E-state index contributed by atoms with van der Waals surface area (Å²) in [5, 5.41) is 9.64. The molecule has 0 unspecified atom stereocenters. The molecule has 19 heavy (non-hydrogen) atoms. The van der Waals surface area contributed by atoms with Crippen molar-refractivity contribution in [2.75, 3.05) is 0 Å². The smallest absolute Gasteiger partial charge is 0.306 e. The van der Waals surface area contributed by atoms with Gasteiger partial charge in [-0.05, 0) is 25.7 Å². The van der Waals surface area contributed by atoms with Crippen LogP contribution in [0.15, 0.2) is 12.2 Å². The van der Waals surface area contributed by atoms with E-state index in [0.717, 1.165) is 19.3 Å². The number of rotatable bonds is 6. The zero-order valence-corrected chi connectivity index (χ0v) is 12.1. The van der Waals surface area contributed by atoms with Crippen LogP contribution >= 0.6 is 0 Å². The number of hydrogen-bond donors (Lipinski definition) is 1.